The minimum atomic E-state index is -4.60. The fourth-order valence-electron chi connectivity index (χ4n) is 1.32. The molecule has 0 aliphatic rings. The second-order valence-electron chi connectivity index (χ2n) is 4.13. The van der Waals surface area contributed by atoms with E-state index in [-0.39, 0.29) is 11.4 Å². The molecule has 1 aromatic heterocycles. The van der Waals surface area contributed by atoms with Gasteiger partial charge >= 0.3 is 12.1 Å². The molecule has 106 valence electrons. The number of carbonyl (C=O) groups is 1. The molecule has 0 atom stereocenters. The fourth-order valence-corrected chi connectivity index (χ4v) is 1.32. The van der Waals surface area contributed by atoms with Gasteiger partial charge in [0.2, 0.25) is 0 Å². The van der Waals surface area contributed by atoms with Gasteiger partial charge in [0, 0.05) is 13.1 Å². The van der Waals surface area contributed by atoms with Gasteiger partial charge in [0.25, 0.3) is 0 Å². The van der Waals surface area contributed by atoms with Gasteiger partial charge in [-0.05, 0) is 26.2 Å². The summed E-state index contributed by atoms with van der Waals surface area (Å²) in [4.78, 5) is 16.0. The van der Waals surface area contributed by atoms with Crippen molar-refractivity contribution < 1.29 is 23.1 Å². The first-order chi connectivity index (χ1) is 8.71. The normalized spacial score (nSPS) is 11.7. The molecule has 0 aromatic carbocycles. The number of carboxylic acids is 1. The molecule has 0 aliphatic carbocycles. The van der Waals surface area contributed by atoms with Crippen LogP contribution >= 0.6 is 0 Å². The molecule has 0 aliphatic heterocycles. The molecule has 1 rings (SSSR count). The van der Waals surface area contributed by atoms with Crippen molar-refractivity contribution in [2.75, 3.05) is 32.5 Å². The highest BCUT2D eigenvalue weighted by atomic mass is 19.4. The molecule has 0 saturated heterocycles. The second-order valence-corrected chi connectivity index (χ2v) is 4.13. The summed E-state index contributed by atoms with van der Waals surface area (Å²) in [6.07, 6.45) is -4.60. The van der Waals surface area contributed by atoms with Crippen LogP contribution in [-0.4, -0.2) is 48.1 Å². The Balaban J connectivity index is 2.99. The van der Waals surface area contributed by atoms with Gasteiger partial charge in [0.15, 0.2) is 0 Å². The van der Waals surface area contributed by atoms with Crippen LogP contribution in [0.15, 0.2) is 12.1 Å². The van der Waals surface area contributed by atoms with Gasteiger partial charge in [-0.15, -0.1) is 0 Å². The summed E-state index contributed by atoms with van der Waals surface area (Å²) in [5.74, 6) is -1.60. The van der Waals surface area contributed by atoms with Crippen molar-refractivity contribution in [3.8, 4) is 0 Å². The first kappa shape index (κ1) is 15.2. The van der Waals surface area contributed by atoms with Gasteiger partial charge in [-0.2, -0.15) is 13.2 Å². The Kier molecular flexibility index (Phi) is 4.71. The number of likely N-dealkylation sites (N-methyl/N-ethyl adjacent to an activating group) is 1. The lowest BCUT2D eigenvalue weighted by Gasteiger charge is -2.14. The van der Waals surface area contributed by atoms with Crippen LogP contribution in [0.3, 0.4) is 0 Å². The number of alkyl halides is 3. The molecule has 0 amide bonds. The van der Waals surface area contributed by atoms with Gasteiger partial charge in [-0.3, -0.25) is 0 Å². The smallest absolute Gasteiger partial charge is 0.433 e. The van der Waals surface area contributed by atoms with E-state index in [0.717, 1.165) is 6.07 Å². The van der Waals surface area contributed by atoms with Crippen LogP contribution in [-0.2, 0) is 6.18 Å². The van der Waals surface area contributed by atoms with Gasteiger partial charge in [0.05, 0.1) is 0 Å². The first-order valence-corrected chi connectivity index (χ1v) is 5.42. The summed E-state index contributed by atoms with van der Waals surface area (Å²) in [5.41, 5.74) is -1.41. The van der Waals surface area contributed by atoms with E-state index in [1.165, 1.54) is 0 Å². The minimum absolute atomic E-state index is 0.274. The number of aromatic carboxylic acids is 1. The Morgan fingerprint density at radius 1 is 1.42 bits per heavy atom. The number of halogens is 3. The average Bonchev–Trinajstić information content (AvgIpc) is 2.26. The monoisotopic (exact) mass is 277 g/mol. The second kappa shape index (κ2) is 5.87. The van der Waals surface area contributed by atoms with Gasteiger partial charge in [0.1, 0.15) is 17.1 Å². The molecule has 0 fully saturated rings. The lowest BCUT2D eigenvalue weighted by atomic mass is 10.2. The third kappa shape index (κ3) is 4.40. The van der Waals surface area contributed by atoms with E-state index in [2.05, 4.69) is 10.3 Å². The summed E-state index contributed by atoms with van der Waals surface area (Å²) in [7, 11) is 3.58. The number of rotatable bonds is 5. The number of nitrogens with zero attached hydrogens (tertiary/aromatic N) is 2. The lowest BCUT2D eigenvalue weighted by molar-refractivity contribution is -0.141. The molecule has 19 heavy (non-hydrogen) atoms. The predicted octanol–water partition coefficient (Wildman–Crippen LogP) is 1.77. The number of aromatic nitrogens is 1. The molecule has 8 heteroatoms. The van der Waals surface area contributed by atoms with E-state index in [4.69, 9.17) is 5.11 Å². The van der Waals surface area contributed by atoms with Crippen LogP contribution in [0.5, 0.6) is 0 Å². The Morgan fingerprint density at radius 2 is 2.05 bits per heavy atom. The highest BCUT2D eigenvalue weighted by Gasteiger charge is 2.33. The van der Waals surface area contributed by atoms with Crippen LogP contribution in [0.1, 0.15) is 16.1 Å². The molecule has 0 bridgehead atoms. The molecule has 0 unspecified atom stereocenters. The third-order valence-electron chi connectivity index (χ3n) is 2.27. The largest absolute Gasteiger partial charge is 0.478 e. The van der Waals surface area contributed by atoms with E-state index in [0.29, 0.717) is 19.2 Å². The zero-order chi connectivity index (χ0) is 14.6. The molecule has 0 saturated carbocycles. The SMILES string of the molecule is CN(C)CCNc1nc(C(F)(F)F)ccc1C(=O)O. The third-order valence-corrected chi connectivity index (χ3v) is 2.27. The van der Waals surface area contributed by atoms with E-state index in [9.17, 15) is 18.0 Å². The fraction of sp³-hybridized carbons (Fsp3) is 0.455. The molecule has 2 N–H and O–H groups in total. The Hall–Kier alpha value is -1.83. The van der Waals surface area contributed by atoms with Crippen LogP contribution in [0, 0.1) is 0 Å². The molecule has 1 aromatic rings. The number of carboxylic acid groups (broad SMARTS) is 1. The zero-order valence-corrected chi connectivity index (χ0v) is 10.5. The van der Waals surface area contributed by atoms with Crippen molar-refractivity contribution in [2.24, 2.45) is 0 Å². The van der Waals surface area contributed by atoms with Crippen LogP contribution in [0.2, 0.25) is 0 Å². The van der Waals surface area contributed by atoms with Crippen LogP contribution < -0.4 is 5.32 Å². The summed E-state index contributed by atoms with van der Waals surface area (Å²) in [6.45, 7) is 0.832. The highest BCUT2D eigenvalue weighted by molar-refractivity contribution is 5.93. The van der Waals surface area contributed by atoms with Gasteiger partial charge in [-0.25, -0.2) is 9.78 Å². The highest BCUT2D eigenvalue weighted by Crippen LogP contribution is 2.29. The maximum atomic E-state index is 12.5. The zero-order valence-electron chi connectivity index (χ0n) is 10.5. The number of anilines is 1. The van der Waals surface area contributed by atoms with Crippen molar-refractivity contribution >= 4 is 11.8 Å². The predicted molar refractivity (Wildman–Crippen MR) is 63.2 cm³/mol. The maximum Gasteiger partial charge on any atom is 0.433 e. The number of hydrogen-bond acceptors (Lipinski definition) is 4. The number of nitrogens with one attached hydrogen (secondary N) is 1. The van der Waals surface area contributed by atoms with E-state index in [1.807, 2.05) is 0 Å². The number of pyridine rings is 1. The van der Waals surface area contributed by atoms with E-state index in [1.54, 1.807) is 19.0 Å². The van der Waals surface area contributed by atoms with Crippen molar-refractivity contribution in [2.45, 2.75) is 6.18 Å². The Bertz CT molecular complexity index is 461. The quantitative estimate of drug-likeness (QED) is 0.858. The Morgan fingerprint density at radius 3 is 2.53 bits per heavy atom. The molecular weight excluding hydrogens is 263 g/mol. The van der Waals surface area contributed by atoms with Gasteiger partial charge in [-0.1, -0.05) is 0 Å². The molecular formula is C11H14F3N3O2. The van der Waals surface area contributed by atoms with E-state index >= 15 is 0 Å². The summed E-state index contributed by atoms with van der Waals surface area (Å²) in [6, 6.07) is 1.55. The summed E-state index contributed by atoms with van der Waals surface area (Å²) < 4.78 is 37.5. The van der Waals surface area contributed by atoms with Crippen molar-refractivity contribution in [3.63, 3.8) is 0 Å². The average molecular weight is 277 g/mol. The van der Waals surface area contributed by atoms with Crippen molar-refractivity contribution in [1.82, 2.24) is 9.88 Å². The maximum absolute atomic E-state index is 12.5. The molecule has 0 spiro atoms. The molecule has 1 heterocycles. The van der Waals surface area contributed by atoms with Crippen LogP contribution in [0.4, 0.5) is 19.0 Å². The summed E-state index contributed by atoms with van der Waals surface area (Å²) >= 11 is 0. The van der Waals surface area contributed by atoms with Gasteiger partial charge < -0.3 is 15.3 Å². The molecule has 0 radical (unpaired) electrons. The minimum Gasteiger partial charge on any atom is -0.478 e. The van der Waals surface area contributed by atoms with Crippen molar-refractivity contribution in [3.05, 3.63) is 23.4 Å². The Labute approximate surface area is 108 Å². The standard InChI is InChI=1S/C11H14F3N3O2/c1-17(2)6-5-15-9-7(10(18)19)3-4-8(16-9)11(12,13)14/h3-4H,5-6H2,1-2H3,(H,15,16)(H,18,19). The summed E-state index contributed by atoms with van der Waals surface area (Å²) in [5, 5.41) is 11.5. The first-order valence-electron chi connectivity index (χ1n) is 5.42. The van der Waals surface area contributed by atoms with E-state index < -0.39 is 17.8 Å². The lowest BCUT2D eigenvalue weighted by Crippen LogP contribution is -2.22. The molecule has 5 nitrogen and oxygen atoms in total. The topological polar surface area (TPSA) is 65.5 Å². The van der Waals surface area contributed by atoms with Crippen LogP contribution in [0.25, 0.3) is 0 Å². The van der Waals surface area contributed by atoms with Crippen molar-refractivity contribution in [1.29, 1.82) is 0 Å². The number of hydrogen-bond donors (Lipinski definition) is 2.